The van der Waals surface area contributed by atoms with Crippen molar-refractivity contribution in [2.45, 2.75) is 245 Å². The van der Waals surface area contributed by atoms with Crippen molar-refractivity contribution in [1.82, 2.24) is 0 Å². The Morgan fingerprint density at radius 2 is 0.659 bits per heavy atom. The maximum Gasteiger partial charge on any atom is 0.345 e. The predicted octanol–water partition coefficient (Wildman–Crippen LogP) is 13.7. The number of rotatable bonds is 37. The zero-order valence-electron chi connectivity index (χ0n) is 30.0. The standard InChI is InChI=1S/C40H78O4/c1-3-5-7-9-11-13-15-17-18-19-20-21-22-23-25-26-28-30-32-34-36-38(40(42)43)44-39(41)37-35-33-31-29-27-24-16-14-12-10-8-6-4-2/h38H,3-37H2,1-2H3,(H,42,43). The fourth-order valence-electron chi connectivity index (χ4n) is 6.32. The number of aliphatic carboxylic acids is 1. The molecular formula is C40H78O4. The van der Waals surface area contributed by atoms with Crippen LogP contribution in [0.15, 0.2) is 0 Å². The molecule has 0 saturated carbocycles. The number of carbonyl (C=O) groups excluding carboxylic acids is 1. The maximum absolute atomic E-state index is 12.2. The lowest BCUT2D eigenvalue weighted by Gasteiger charge is -2.13. The summed E-state index contributed by atoms with van der Waals surface area (Å²) in [5.41, 5.74) is 0. The van der Waals surface area contributed by atoms with Crippen LogP contribution in [-0.2, 0) is 14.3 Å². The molecule has 0 aliphatic heterocycles. The fourth-order valence-corrected chi connectivity index (χ4v) is 6.32. The molecule has 1 atom stereocenters. The summed E-state index contributed by atoms with van der Waals surface area (Å²) in [5.74, 6) is -1.34. The van der Waals surface area contributed by atoms with Gasteiger partial charge in [-0.1, -0.05) is 213 Å². The second kappa shape index (κ2) is 36.4. The van der Waals surface area contributed by atoms with Gasteiger partial charge < -0.3 is 9.84 Å². The highest BCUT2D eigenvalue weighted by Gasteiger charge is 2.21. The van der Waals surface area contributed by atoms with Crippen LogP contribution in [0.5, 0.6) is 0 Å². The van der Waals surface area contributed by atoms with Crippen LogP contribution < -0.4 is 0 Å². The van der Waals surface area contributed by atoms with E-state index in [1.54, 1.807) is 0 Å². The van der Waals surface area contributed by atoms with Gasteiger partial charge in [0.1, 0.15) is 0 Å². The quantitative estimate of drug-likeness (QED) is 0.0553. The first-order valence-electron chi connectivity index (χ1n) is 20.0. The van der Waals surface area contributed by atoms with Gasteiger partial charge in [-0.25, -0.2) is 4.79 Å². The number of carbonyl (C=O) groups is 2. The molecule has 0 aromatic rings. The molecule has 0 spiro atoms. The Bertz CT molecular complexity index is 590. The number of carboxylic acids is 1. The zero-order chi connectivity index (χ0) is 32.2. The van der Waals surface area contributed by atoms with Crippen LogP contribution >= 0.6 is 0 Å². The highest BCUT2D eigenvalue weighted by Crippen LogP contribution is 2.17. The van der Waals surface area contributed by atoms with Gasteiger partial charge in [-0.15, -0.1) is 0 Å². The van der Waals surface area contributed by atoms with Gasteiger partial charge in [0.05, 0.1) is 0 Å². The minimum absolute atomic E-state index is 0.339. The third-order valence-corrected chi connectivity index (χ3v) is 9.35. The molecule has 0 bridgehead atoms. The number of hydrogen-bond acceptors (Lipinski definition) is 3. The smallest absolute Gasteiger partial charge is 0.345 e. The summed E-state index contributed by atoms with van der Waals surface area (Å²) in [6.07, 6.45) is 42.9. The molecule has 0 saturated heterocycles. The van der Waals surface area contributed by atoms with Gasteiger partial charge in [-0.05, 0) is 19.3 Å². The highest BCUT2D eigenvalue weighted by atomic mass is 16.6. The predicted molar refractivity (Wildman–Crippen MR) is 190 cm³/mol. The van der Waals surface area contributed by atoms with E-state index < -0.39 is 12.1 Å². The van der Waals surface area contributed by atoms with E-state index in [1.165, 1.54) is 173 Å². The Morgan fingerprint density at radius 1 is 0.409 bits per heavy atom. The van der Waals surface area contributed by atoms with Crippen LogP contribution in [0.3, 0.4) is 0 Å². The normalized spacial score (nSPS) is 12.0. The van der Waals surface area contributed by atoms with E-state index in [4.69, 9.17) is 4.74 Å². The molecule has 0 rings (SSSR count). The topological polar surface area (TPSA) is 63.6 Å². The number of hydrogen-bond donors (Lipinski definition) is 1. The molecule has 0 amide bonds. The van der Waals surface area contributed by atoms with Crippen molar-refractivity contribution >= 4 is 11.9 Å². The van der Waals surface area contributed by atoms with Gasteiger partial charge >= 0.3 is 11.9 Å². The van der Waals surface area contributed by atoms with Crippen molar-refractivity contribution in [3.05, 3.63) is 0 Å². The lowest BCUT2D eigenvalue weighted by molar-refractivity contribution is -0.164. The van der Waals surface area contributed by atoms with E-state index >= 15 is 0 Å². The van der Waals surface area contributed by atoms with Crippen molar-refractivity contribution in [1.29, 1.82) is 0 Å². The van der Waals surface area contributed by atoms with Crippen molar-refractivity contribution < 1.29 is 19.4 Å². The summed E-state index contributed by atoms with van der Waals surface area (Å²) in [7, 11) is 0. The Balaban J connectivity index is 3.47. The average molecular weight is 623 g/mol. The molecule has 0 aromatic carbocycles. The van der Waals surface area contributed by atoms with Gasteiger partial charge in [0, 0.05) is 6.42 Å². The van der Waals surface area contributed by atoms with Crippen molar-refractivity contribution in [3.63, 3.8) is 0 Å². The van der Waals surface area contributed by atoms with Crippen molar-refractivity contribution in [3.8, 4) is 0 Å². The summed E-state index contributed by atoms with van der Waals surface area (Å²) in [6, 6.07) is 0. The molecule has 0 radical (unpaired) electrons. The second-order valence-corrected chi connectivity index (χ2v) is 13.8. The molecule has 0 aliphatic rings. The first kappa shape index (κ1) is 42.9. The van der Waals surface area contributed by atoms with Crippen LogP contribution in [-0.4, -0.2) is 23.1 Å². The molecule has 0 heterocycles. The van der Waals surface area contributed by atoms with E-state index in [0.717, 1.165) is 38.5 Å². The van der Waals surface area contributed by atoms with E-state index in [1.807, 2.05) is 0 Å². The summed E-state index contributed by atoms with van der Waals surface area (Å²) in [5, 5.41) is 9.49. The lowest BCUT2D eigenvalue weighted by Crippen LogP contribution is -2.27. The third kappa shape index (κ3) is 33.8. The summed E-state index contributed by atoms with van der Waals surface area (Å²) >= 11 is 0. The van der Waals surface area contributed by atoms with Gasteiger partial charge in [-0.3, -0.25) is 4.79 Å². The van der Waals surface area contributed by atoms with Crippen LogP contribution in [0.2, 0.25) is 0 Å². The maximum atomic E-state index is 12.2. The highest BCUT2D eigenvalue weighted by molar-refractivity contribution is 5.77. The molecule has 44 heavy (non-hydrogen) atoms. The monoisotopic (exact) mass is 623 g/mol. The van der Waals surface area contributed by atoms with E-state index in [2.05, 4.69) is 13.8 Å². The molecule has 0 aromatic heterocycles. The number of esters is 1. The molecule has 0 aliphatic carbocycles. The van der Waals surface area contributed by atoms with Gasteiger partial charge in [0.2, 0.25) is 0 Å². The number of ether oxygens (including phenoxy) is 1. The molecule has 0 fully saturated rings. The van der Waals surface area contributed by atoms with Crippen molar-refractivity contribution in [2.75, 3.05) is 0 Å². The molecule has 4 heteroatoms. The van der Waals surface area contributed by atoms with E-state index in [9.17, 15) is 14.7 Å². The van der Waals surface area contributed by atoms with Crippen molar-refractivity contribution in [2.24, 2.45) is 0 Å². The van der Waals surface area contributed by atoms with Gasteiger partial charge in [0.15, 0.2) is 6.10 Å². The summed E-state index contributed by atoms with van der Waals surface area (Å²) in [6.45, 7) is 4.55. The molecule has 262 valence electrons. The van der Waals surface area contributed by atoms with Crippen LogP contribution in [0, 0.1) is 0 Å². The van der Waals surface area contributed by atoms with Gasteiger partial charge in [-0.2, -0.15) is 0 Å². The van der Waals surface area contributed by atoms with Crippen LogP contribution in [0.4, 0.5) is 0 Å². The zero-order valence-corrected chi connectivity index (χ0v) is 30.0. The van der Waals surface area contributed by atoms with E-state index in [-0.39, 0.29) is 5.97 Å². The average Bonchev–Trinajstić information content (AvgIpc) is 3.01. The Kier molecular flexibility index (Phi) is 35.5. The SMILES string of the molecule is CCCCCCCCCCCCCCCCCCCCCCC(OC(=O)CCCCCCCCCCCCCCC)C(=O)O. The lowest BCUT2D eigenvalue weighted by atomic mass is 10.0. The van der Waals surface area contributed by atoms with Crippen LogP contribution in [0.25, 0.3) is 0 Å². The summed E-state index contributed by atoms with van der Waals surface area (Å²) in [4.78, 5) is 23.8. The third-order valence-electron chi connectivity index (χ3n) is 9.35. The van der Waals surface area contributed by atoms with Gasteiger partial charge in [0.25, 0.3) is 0 Å². The van der Waals surface area contributed by atoms with E-state index in [0.29, 0.717) is 12.8 Å². The Hall–Kier alpha value is -1.06. The molecule has 4 nitrogen and oxygen atoms in total. The summed E-state index contributed by atoms with van der Waals surface area (Å²) < 4.78 is 5.32. The first-order chi connectivity index (χ1) is 21.6. The molecular weight excluding hydrogens is 544 g/mol. The Labute approximate surface area is 275 Å². The number of unbranched alkanes of at least 4 members (excludes halogenated alkanes) is 31. The Morgan fingerprint density at radius 3 is 0.932 bits per heavy atom. The molecule has 1 unspecified atom stereocenters. The number of carboxylic acid groups (broad SMARTS) is 1. The largest absolute Gasteiger partial charge is 0.479 e. The minimum atomic E-state index is -0.999. The van der Waals surface area contributed by atoms with Crippen LogP contribution in [0.1, 0.15) is 239 Å². The first-order valence-corrected chi connectivity index (χ1v) is 20.0. The minimum Gasteiger partial charge on any atom is -0.479 e. The fraction of sp³-hybridized carbons (Fsp3) is 0.950. The second-order valence-electron chi connectivity index (χ2n) is 13.8. The molecule has 1 N–H and O–H groups in total.